The summed E-state index contributed by atoms with van der Waals surface area (Å²) >= 11 is 0. The first-order chi connectivity index (χ1) is 10.2. The number of benzene rings is 1. The number of aliphatic hydroxyl groups is 1. The molecule has 21 heavy (non-hydrogen) atoms. The minimum absolute atomic E-state index is 0.0892. The normalized spacial score (nSPS) is 21.3. The van der Waals surface area contributed by atoms with Crippen molar-refractivity contribution in [1.29, 1.82) is 5.26 Å². The number of nitriles is 1. The van der Waals surface area contributed by atoms with Gasteiger partial charge < -0.3 is 15.2 Å². The molecule has 1 fully saturated rings. The Morgan fingerprint density at radius 2 is 2.05 bits per heavy atom. The largest absolute Gasteiger partial charge is 0.482 e. The second-order valence-corrected chi connectivity index (χ2v) is 5.38. The molecule has 1 aliphatic rings. The number of hydrogen-bond acceptors (Lipinski definition) is 4. The van der Waals surface area contributed by atoms with Crippen molar-refractivity contribution in [3.63, 3.8) is 0 Å². The molecule has 0 spiro atoms. The Labute approximate surface area is 124 Å². The number of nitrogens with one attached hydrogen (secondary N) is 1. The molecule has 5 heteroatoms. The van der Waals surface area contributed by atoms with Gasteiger partial charge in [-0.2, -0.15) is 5.26 Å². The van der Waals surface area contributed by atoms with Gasteiger partial charge in [0.1, 0.15) is 11.8 Å². The molecule has 0 atom stereocenters. The minimum atomic E-state index is -0.186. The van der Waals surface area contributed by atoms with Crippen LogP contribution in [0.2, 0.25) is 0 Å². The van der Waals surface area contributed by atoms with Gasteiger partial charge in [0.05, 0.1) is 11.7 Å². The number of amides is 1. The zero-order valence-electron chi connectivity index (χ0n) is 11.9. The average molecular weight is 288 g/mol. The second-order valence-electron chi connectivity index (χ2n) is 5.38. The fourth-order valence-electron chi connectivity index (χ4n) is 2.49. The third-order valence-corrected chi connectivity index (χ3v) is 3.77. The van der Waals surface area contributed by atoms with E-state index in [2.05, 4.69) is 5.32 Å². The Hall–Kier alpha value is -2.06. The van der Waals surface area contributed by atoms with Crippen LogP contribution in [0.3, 0.4) is 0 Å². The van der Waals surface area contributed by atoms with Crippen LogP contribution < -0.4 is 10.1 Å². The summed E-state index contributed by atoms with van der Waals surface area (Å²) in [5, 5.41) is 21.2. The predicted molar refractivity (Wildman–Crippen MR) is 77.6 cm³/mol. The number of ether oxygens (including phenoxy) is 1. The van der Waals surface area contributed by atoms with Crippen molar-refractivity contribution in [3.05, 3.63) is 29.8 Å². The van der Waals surface area contributed by atoms with Gasteiger partial charge in [0.25, 0.3) is 5.91 Å². The summed E-state index contributed by atoms with van der Waals surface area (Å²) in [6.07, 6.45) is 3.33. The number of hydrogen-bond donors (Lipinski definition) is 2. The molecule has 0 aromatic heterocycles. The number of carbonyl (C=O) groups is 1. The Balaban J connectivity index is 1.71. The fraction of sp³-hybridized carbons (Fsp3) is 0.500. The van der Waals surface area contributed by atoms with E-state index in [4.69, 9.17) is 10.00 Å². The summed E-state index contributed by atoms with van der Waals surface area (Å²) in [6.45, 7) is 0.531. The van der Waals surface area contributed by atoms with Gasteiger partial charge in [-0.25, -0.2) is 0 Å². The molecular weight excluding hydrogens is 268 g/mol. The van der Waals surface area contributed by atoms with E-state index in [9.17, 15) is 9.90 Å². The molecule has 0 unspecified atom stereocenters. The van der Waals surface area contributed by atoms with Crippen molar-refractivity contribution >= 4 is 5.91 Å². The van der Waals surface area contributed by atoms with E-state index < -0.39 is 0 Å². The lowest BCUT2D eigenvalue weighted by molar-refractivity contribution is -0.123. The highest BCUT2D eigenvalue weighted by atomic mass is 16.5. The van der Waals surface area contributed by atoms with Crippen LogP contribution in [0.25, 0.3) is 0 Å². The first-order valence-electron chi connectivity index (χ1n) is 7.25. The van der Waals surface area contributed by atoms with E-state index in [1.165, 1.54) is 0 Å². The number of para-hydroxylation sites is 1. The smallest absolute Gasteiger partial charge is 0.257 e. The third kappa shape index (κ3) is 4.76. The average Bonchev–Trinajstić information content (AvgIpc) is 2.52. The summed E-state index contributed by atoms with van der Waals surface area (Å²) in [5.74, 6) is 0.675. The van der Waals surface area contributed by atoms with Crippen molar-refractivity contribution in [2.45, 2.75) is 31.8 Å². The topological polar surface area (TPSA) is 82.3 Å². The van der Waals surface area contributed by atoms with E-state index in [-0.39, 0.29) is 18.6 Å². The highest BCUT2D eigenvalue weighted by molar-refractivity contribution is 5.77. The van der Waals surface area contributed by atoms with Crippen molar-refractivity contribution in [1.82, 2.24) is 5.32 Å². The summed E-state index contributed by atoms with van der Waals surface area (Å²) in [7, 11) is 0. The summed E-state index contributed by atoms with van der Waals surface area (Å²) in [4.78, 5) is 11.8. The first kappa shape index (κ1) is 15.3. The molecule has 2 N–H and O–H groups in total. The van der Waals surface area contributed by atoms with Crippen LogP contribution in [0, 0.1) is 17.2 Å². The summed E-state index contributed by atoms with van der Waals surface area (Å²) < 4.78 is 5.37. The van der Waals surface area contributed by atoms with Gasteiger partial charge in [0.2, 0.25) is 0 Å². The molecule has 0 radical (unpaired) electrons. The van der Waals surface area contributed by atoms with E-state index in [0.717, 1.165) is 25.7 Å². The zero-order chi connectivity index (χ0) is 15.1. The zero-order valence-corrected chi connectivity index (χ0v) is 11.9. The molecule has 1 amide bonds. The van der Waals surface area contributed by atoms with Gasteiger partial charge in [0.15, 0.2) is 6.61 Å². The number of nitrogens with zero attached hydrogens (tertiary/aromatic N) is 1. The Morgan fingerprint density at radius 1 is 1.33 bits per heavy atom. The molecule has 0 saturated heterocycles. The van der Waals surface area contributed by atoms with Crippen LogP contribution in [0.5, 0.6) is 5.75 Å². The van der Waals surface area contributed by atoms with Gasteiger partial charge in [-0.05, 0) is 43.7 Å². The van der Waals surface area contributed by atoms with E-state index in [1.807, 2.05) is 6.07 Å². The molecule has 1 aromatic carbocycles. The predicted octanol–water partition coefficient (Wildman–Crippen LogP) is 1.60. The molecule has 2 rings (SSSR count). The van der Waals surface area contributed by atoms with Crippen LogP contribution in [0.15, 0.2) is 24.3 Å². The number of aliphatic hydroxyl groups excluding tert-OH is 1. The molecule has 0 bridgehead atoms. The standard InChI is InChI=1S/C16H20N2O3/c17-9-13-3-1-2-4-15(13)21-11-16(20)18-10-12-5-7-14(19)8-6-12/h1-4,12,14,19H,5-8,10-11H2,(H,18,20). The summed E-state index contributed by atoms with van der Waals surface area (Å²) in [6, 6.07) is 8.87. The molecule has 1 saturated carbocycles. The Bertz CT molecular complexity index is 516. The fourth-order valence-corrected chi connectivity index (χ4v) is 2.49. The minimum Gasteiger partial charge on any atom is -0.482 e. The second kappa shape index (κ2) is 7.65. The van der Waals surface area contributed by atoms with Gasteiger partial charge >= 0.3 is 0 Å². The van der Waals surface area contributed by atoms with Crippen molar-refractivity contribution in [2.24, 2.45) is 5.92 Å². The molecule has 1 aromatic rings. The van der Waals surface area contributed by atoms with E-state index in [1.54, 1.807) is 24.3 Å². The van der Waals surface area contributed by atoms with Gasteiger partial charge in [-0.3, -0.25) is 4.79 Å². The highest BCUT2D eigenvalue weighted by Crippen LogP contribution is 2.23. The SMILES string of the molecule is N#Cc1ccccc1OCC(=O)NCC1CCC(O)CC1. The molecule has 0 aliphatic heterocycles. The van der Waals surface area contributed by atoms with Crippen molar-refractivity contribution in [3.8, 4) is 11.8 Å². The molecular formula is C16H20N2O3. The van der Waals surface area contributed by atoms with E-state index in [0.29, 0.717) is 23.8 Å². The van der Waals surface area contributed by atoms with Crippen LogP contribution in [-0.2, 0) is 4.79 Å². The number of carbonyl (C=O) groups excluding carboxylic acids is 1. The lowest BCUT2D eigenvalue weighted by Crippen LogP contribution is -2.35. The van der Waals surface area contributed by atoms with Gasteiger partial charge in [-0.1, -0.05) is 12.1 Å². The monoisotopic (exact) mass is 288 g/mol. The van der Waals surface area contributed by atoms with Crippen LogP contribution in [0.1, 0.15) is 31.2 Å². The van der Waals surface area contributed by atoms with Crippen molar-refractivity contribution < 1.29 is 14.6 Å². The van der Waals surface area contributed by atoms with Crippen LogP contribution in [0.4, 0.5) is 0 Å². The maximum absolute atomic E-state index is 11.8. The van der Waals surface area contributed by atoms with Gasteiger partial charge in [-0.15, -0.1) is 0 Å². The molecule has 1 aliphatic carbocycles. The maximum Gasteiger partial charge on any atom is 0.257 e. The van der Waals surface area contributed by atoms with Crippen molar-refractivity contribution in [2.75, 3.05) is 13.2 Å². The highest BCUT2D eigenvalue weighted by Gasteiger charge is 2.19. The van der Waals surface area contributed by atoms with E-state index >= 15 is 0 Å². The molecule has 0 heterocycles. The van der Waals surface area contributed by atoms with Crippen LogP contribution in [-0.4, -0.2) is 30.3 Å². The Morgan fingerprint density at radius 3 is 2.76 bits per heavy atom. The first-order valence-corrected chi connectivity index (χ1v) is 7.25. The van der Waals surface area contributed by atoms with Crippen LogP contribution >= 0.6 is 0 Å². The molecule has 5 nitrogen and oxygen atoms in total. The lowest BCUT2D eigenvalue weighted by Gasteiger charge is -2.25. The maximum atomic E-state index is 11.8. The third-order valence-electron chi connectivity index (χ3n) is 3.77. The Kier molecular flexibility index (Phi) is 5.59. The molecule has 112 valence electrons. The quantitative estimate of drug-likeness (QED) is 0.862. The van der Waals surface area contributed by atoms with Gasteiger partial charge in [0, 0.05) is 6.54 Å². The summed E-state index contributed by atoms with van der Waals surface area (Å²) in [5.41, 5.74) is 0.423. The lowest BCUT2D eigenvalue weighted by atomic mass is 9.87. The number of rotatable bonds is 5.